The SMILES string of the molecule is CCC1(CN(C)Cc2cccc(N3CCOCC3)c2Cl)CCN(C(=O)OC(C(F)(F)F)C(F)(F)F)CC1. The first-order valence-corrected chi connectivity index (χ1v) is 12.5. The lowest BCUT2D eigenvalue weighted by atomic mass is 9.75. The van der Waals surface area contributed by atoms with Gasteiger partial charge >= 0.3 is 18.4 Å². The van der Waals surface area contributed by atoms with E-state index in [1.54, 1.807) is 0 Å². The zero-order valence-electron chi connectivity index (χ0n) is 20.8. The molecule has 1 aromatic carbocycles. The van der Waals surface area contributed by atoms with Gasteiger partial charge in [0.2, 0.25) is 0 Å². The van der Waals surface area contributed by atoms with Crippen molar-refractivity contribution in [1.82, 2.24) is 9.80 Å². The maximum atomic E-state index is 12.8. The van der Waals surface area contributed by atoms with Gasteiger partial charge in [-0.1, -0.05) is 30.7 Å². The lowest BCUT2D eigenvalue weighted by molar-refractivity contribution is -0.308. The number of carbonyl (C=O) groups is 1. The fraction of sp³-hybridized carbons (Fsp3) is 0.708. The maximum Gasteiger partial charge on any atom is 0.434 e. The Morgan fingerprint density at radius 3 is 2.24 bits per heavy atom. The molecule has 0 aliphatic carbocycles. The van der Waals surface area contributed by atoms with Gasteiger partial charge in [-0.2, -0.15) is 26.3 Å². The highest BCUT2D eigenvalue weighted by molar-refractivity contribution is 6.34. The maximum absolute atomic E-state index is 12.8. The standard InChI is InChI=1S/C24H32ClF6N3O3/c1-3-22(7-9-34(10-8-22)21(35)37-20(23(26,27)28)24(29,30)31)16-32(2)15-17-5-4-6-18(19(17)25)33-11-13-36-14-12-33/h4-6,20H,3,7-16H2,1-2H3. The third kappa shape index (κ3) is 7.57. The highest BCUT2D eigenvalue weighted by Crippen LogP contribution is 2.39. The number of hydrogen-bond donors (Lipinski definition) is 0. The normalized spacial score (nSPS) is 19.0. The lowest BCUT2D eigenvalue weighted by Gasteiger charge is -2.43. The number of anilines is 1. The van der Waals surface area contributed by atoms with E-state index in [0.29, 0.717) is 44.2 Å². The summed E-state index contributed by atoms with van der Waals surface area (Å²) in [7, 11) is 1.94. The highest BCUT2D eigenvalue weighted by Gasteiger charge is 2.60. The second-order valence-electron chi connectivity index (χ2n) is 9.71. The molecule has 6 nitrogen and oxygen atoms in total. The summed E-state index contributed by atoms with van der Waals surface area (Å²) in [5, 5.41) is 0.670. The second kappa shape index (κ2) is 11.9. The van der Waals surface area contributed by atoms with Gasteiger partial charge in [0, 0.05) is 39.3 Å². The molecule has 0 unspecified atom stereocenters. The third-order valence-corrected chi connectivity index (χ3v) is 7.54. The average molecular weight is 560 g/mol. The lowest BCUT2D eigenvalue weighted by Crippen LogP contribution is -2.51. The largest absolute Gasteiger partial charge is 0.434 e. The van der Waals surface area contributed by atoms with Gasteiger partial charge in [-0.25, -0.2) is 4.79 Å². The minimum absolute atomic E-state index is 0.0101. The Hall–Kier alpha value is -1.92. The number of alkyl halides is 6. The van der Waals surface area contributed by atoms with Crippen molar-refractivity contribution in [3.05, 3.63) is 28.8 Å². The zero-order chi connectivity index (χ0) is 27.4. The molecule has 2 saturated heterocycles. The van der Waals surface area contributed by atoms with Crippen molar-refractivity contribution in [3.63, 3.8) is 0 Å². The zero-order valence-corrected chi connectivity index (χ0v) is 21.6. The Kier molecular flexibility index (Phi) is 9.50. The molecule has 0 spiro atoms. The van der Waals surface area contributed by atoms with Crippen LogP contribution < -0.4 is 4.90 Å². The van der Waals surface area contributed by atoms with Crippen molar-refractivity contribution in [2.75, 3.05) is 57.9 Å². The van der Waals surface area contributed by atoms with Gasteiger partial charge < -0.3 is 24.2 Å². The van der Waals surface area contributed by atoms with Crippen molar-refractivity contribution in [1.29, 1.82) is 0 Å². The first-order valence-electron chi connectivity index (χ1n) is 12.1. The molecule has 2 aliphatic heterocycles. The number of ether oxygens (including phenoxy) is 2. The van der Waals surface area contributed by atoms with Gasteiger partial charge in [0.05, 0.1) is 23.9 Å². The van der Waals surface area contributed by atoms with Gasteiger partial charge in [0.15, 0.2) is 0 Å². The van der Waals surface area contributed by atoms with E-state index in [1.807, 2.05) is 32.2 Å². The minimum atomic E-state index is -5.74. The summed E-state index contributed by atoms with van der Waals surface area (Å²) >= 11 is 6.73. The van der Waals surface area contributed by atoms with Crippen LogP contribution in [0.4, 0.5) is 36.8 Å². The van der Waals surface area contributed by atoms with E-state index in [0.717, 1.165) is 35.7 Å². The summed E-state index contributed by atoms with van der Waals surface area (Å²) in [5.41, 5.74) is 1.64. The molecular weight excluding hydrogens is 528 g/mol. The van der Waals surface area contributed by atoms with Crippen LogP contribution in [0, 0.1) is 5.41 Å². The van der Waals surface area contributed by atoms with Crippen LogP contribution in [0.5, 0.6) is 0 Å². The minimum Gasteiger partial charge on any atom is -0.426 e. The van der Waals surface area contributed by atoms with Crippen LogP contribution in [0.2, 0.25) is 5.02 Å². The molecule has 2 aliphatic rings. The number of hydrogen-bond acceptors (Lipinski definition) is 5. The predicted octanol–water partition coefficient (Wildman–Crippen LogP) is 5.73. The molecule has 2 fully saturated rings. The Balaban J connectivity index is 1.59. The number of halogens is 7. The summed E-state index contributed by atoms with van der Waals surface area (Å²) in [6.45, 7) is 5.96. The molecular formula is C24H32ClF6N3O3. The Bertz CT molecular complexity index is 902. The van der Waals surface area contributed by atoms with E-state index >= 15 is 0 Å². The molecule has 13 heteroatoms. The average Bonchev–Trinajstić information content (AvgIpc) is 2.83. The first-order chi connectivity index (χ1) is 17.3. The quantitative estimate of drug-likeness (QED) is 0.399. The molecule has 0 saturated carbocycles. The third-order valence-electron chi connectivity index (χ3n) is 7.10. The molecule has 3 rings (SSSR count). The highest BCUT2D eigenvalue weighted by atomic mass is 35.5. The van der Waals surface area contributed by atoms with Crippen molar-refractivity contribution < 1.29 is 40.6 Å². The van der Waals surface area contributed by atoms with Crippen molar-refractivity contribution in [3.8, 4) is 0 Å². The number of benzene rings is 1. The number of nitrogens with zero attached hydrogens (tertiary/aromatic N) is 3. The smallest absolute Gasteiger partial charge is 0.426 e. The van der Waals surface area contributed by atoms with Gasteiger partial charge in [-0.15, -0.1) is 0 Å². The van der Waals surface area contributed by atoms with Crippen LogP contribution in [0.1, 0.15) is 31.7 Å². The number of likely N-dealkylation sites (tertiary alicyclic amines) is 1. The molecule has 1 aromatic rings. The van der Waals surface area contributed by atoms with Crippen LogP contribution >= 0.6 is 11.6 Å². The molecule has 1 amide bonds. The molecule has 37 heavy (non-hydrogen) atoms. The number of carbonyl (C=O) groups excluding carboxylic acids is 1. The molecule has 0 N–H and O–H groups in total. The number of morpholine rings is 1. The number of piperidine rings is 1. The van der Waals surface area contributed by atoms with E-state index in [2.05, 4.69) is 14.5 Å². The van der Waals surface area contributed by atoms with Gasteiger partial charge in [-0.05, 0) is 43.4 Å². The molecule has 0 atom stereocenters. The number of rotatable bonds is 7. The van der Waals surface area contributed by atoms with Gasteiger partial charge in [0.1, 0.15) is 0 Å². The van der Waals surface area contributed by atoms with E-state index in [-0.39, 0.29) is 18.5 Å². The van der Waals surface area contributed by atoms with Crippen LogP contribution in [0.25, 0.3) is 0 Å². The summed E-state index contributed by atoms with van der Waals surface area (Å²) < 4.78 is 85.8. The monoisotopic (exact) mass is 559 g/mol. The van der Waals surface area contributed by atoms with E-state index in [4.69, 9.17) is 16.3 Å². The van der Waals surface area contributed by atoms with E-state index in [1.165, 1.54) is 0 Å². The fourth-order valence-corrected chi connectivity index (χ4v) is 5.24. The van der Waals surface area contributed by atoms with Crippen LogP contribution in [0.3, 0.4) is 0 Å². The number of amides is 1. The van der Waals surface area contributed by atoms with Crippen LogP contribution in [-0.2, 0) is 16.0 Å². The second-order valence-corrected chi connectivity index (χ2v) is 10.1. The van der Waals surface area contributed by atoms with Gasteiger partial charge in [-0.3, -0.25) is 0 Å². The Labute approximate surface area is 217 Å². The molecule has 0 radical (unpaired) electrons. The van der Waals surface area contributed by atoms with Crippen LogP contribution in [0.15, 0.2) is 18.2 Å². The fourth-order valence-electron chi connectivity index (χ4n) is 4.94. The van der Waals surface area contributed by atoms with Gasteiger partial charge in [0.25, 0.3) is 6.10 Å². The molecule has 0 bridgehead atoms. The van der Waals surface area contributed by atoms with E-state index < -0.39 is 24.5 Å². The summed E-state index contributed by atoms with van der Waals surface area (Å²) in [5.74, 6) is 0. The van der Waals surface area contributed by atoms with Crippen molar-refractivity contribution in [2.24, 2.45) is 5.41 Å². The Morgan fingerprint density at radius 2 is 1.70 bits per heavy atom. The summed E-state index contributed by atoms with van der Waals surface area (Å²) in [4.78, 5) is 17.3. The summed E-state index contributed by atoms with van der Waals surface area (Å²) in [6, 6.07) is 5.88. The Morgan fingerprint density at radius 1 is 1.11 bits per heavy atom. The molecule has 2 heterocycles. The topological polar surface area (TPSA) is 45.2 Å². The first kappa shape index (κ1) is 29.6. The predicted molar refractivity (Wildman–Crippen MR) is 127 cm³/mol. The van der Waals surface area contributed by atoms with Crippen molar-refractivity contribution in [2.45, 2.75) is 51.2 Å². The van der Waals surface area contributed by atoms with Crippen molar-refractivity contribution >= 4 is 23.4 Å². The molecule has 0 aromatic heterocycles. The van der Waals surface area contributed by atoms with E-state index in [9.17, 15) is 31.1 Å². The van der Waals surface area contributed by atoms with Crippen LogP contribution in [-0.4, -0.2) is 87.3 Å². The molecule has 210 valence electrons. The summed E-state index contributed by atoms with van der Waals surface area (Å²) in [6.07, 6.45) is -15.6.